The summed E-state index contributed by atoms with van der Waals surface area (Å²) < 4.78 is 15.5. The van der Waals surface area contributed by atoms with Gasteiger partial charge in [0.1, 0.15) is 0 Å². The Balaban J connectivity index is 2.76. The van der Waals surface area contributed by atoms with Gasteiger partial charge >= 0.3 is 0 Å². The van der Waals surface area contributed by atoms with Crippen molar-refractivity contribution < 1.29 is 14.2 Å². The summed E-state index contributed by atoms with van der Waals surface area (Å²) in [6, 6.07) is 0. The minimum atomic E-state index is 0.702. The second-order valence-corrected chi connectivity index (χ2v) is 2.92. The van der Waals surface area contributed by atoms with Crippen molar-refractivity contribution in [3.8, 4) is 0 Å². The van der Waals surface area contributed by atoms with E-state index in [4.69, 9.17) is 14.2 Å². The lowest BCUT2D eigenvalue weighted by atomic mass is 10.4. The van der Waals surface area contributed by atoms with E-state index >= 15 is 0 Å². The highest BCUT2D eigenvalue weighted by Gasteiger charge is 1.89. The van der Waals surface area contributed by atoms with Gasteiger partial charge in [-0.15, -0.1) is 0 Å². The topological polar surface area (TPSA) is 27.7 Å². The Morgan fingerprint density at radius 2 is 1.38 bits per heavy atom. The molecule has 0 aliphatic carbocycles. The molecule has 0 aromatic carbocycles. The predicted molar refractivity (Wildman–Crippen MR) is 53.0 cm³/mol. The number of ether oxygens (including phenoxy) is 3. The minimum absolute atomic E-state index is 0.702. The molecule has 0 spiro atoms. The van der Waals surface area contributed by atoms with Crippen LogP contribution in [0.4, 0.5) is 0 Å². The van der Waals surface area contributed by atoms with Crippen molar-refractivity contribution in [3.63, 3.8) is 0 Å². The number of rotatable bonds is 10. The summed E-state index contributed by atoms with van der Waals surface area (Å²) in [4.78, 5) is 0. The molecule has 0 aromatic rings. The summed E-state index contributed by atoms with van der Waals surface area (Å²) in [6.45, 7) is 5.98. The third-order valence-electron chi connectivity index (χ3n) is 1.65. The molecule has 0 rings (SSSR count). The summed E-state index contributed by atoms with van der Waals surface area (Å²) in [7, 11) is 1.70. The van der Waals surface area contributed by atoms with Crippen LogP contribution in [-0.4, -0.2) is 40.1 Å². The predicted octanol–water partition coefficient (Wildman–Crippen LogP) is 1.86. The van der Waals surface area contributed by atoms with Crippen LogP contribution in [0.15, 0.2) is 0 Å². The maximum Gasteiger partial charge on any atom is 0.0700 e. The van der Waals surface area contributed by atoms with E-state index in [2.05, 4.69) is 6.92 Å². The highest BCUT2D eigenvalue weighted by atomic mass is 16.5. The molecule has 80 valence electrons. The fourth-order valence-electron chi connectivity index (χ4n) is 0.874. The highest BCUT2D eigenvalue weighted by Crippen LogP contribution is 1.88. The van der Waals surface area contributed by atoms with Crippen molar-refractivity contribution in [2.45, 2.75) is 26.2 Å². The number of hydrogen-bond donors (Lipinski definition) is 0. The first-order chi connectivity index (χ1) is 6.41. The number of hydrogen-bond acceptors (Lipinski definition) is 3. The fourth-order valence-corrected chi connectivity index (χ4v) is 0.874. The second kappa shape index (κ2) is 11.9. The van der Waals surface area contributed by atoms with Crippen molar-refractivity contribution in [3.05, 3.63) is 0 Å². The molecule has 0 saturated carbocycles. The van der Waals surface area contributed by atoms with Crippen LogP contribution >= 0.6 is 0 Å². The van der Waals surface area contributed by atoms with Crippen molar-refractivity contribution >= 4 is 0 Å². The lowest BCUT2D eigenvalue weighted by Gasteiger charge is -2.04. The van der Waals surface area contributed by atoms with E-state index in [9.17, 15) is 0 Å². The van der Waals surface area contributed by atoms with E-state index in [1.165, 1.54) is 6.42 Å². The average Bonchev–Trinajstić information content (AvgIpc) is 2.16. The van der Waals surface area contributed by atoms with Crippen LogP contribution in [0.2, 0.25) is 0 Å². The molecule has 3 heteroatoms. The molecule has 0 N–H and O–H groups in total. The van der Waals surface area contributed by atoms with Gasteiger partial charge in [0.2, 0.25) is 0 Å². The van der Waals surface area contributed by atoms with E-state index < -0.39 is 0 Å². The van der Waals surface area contributed by atoms with Gasteiger partial charge in [0, 0.05) is 26.9 Å². The standard InChI is InChI=1S/C10H22O3/c1-3-4-7-12-9-10-13-8-5-6-11-2/h3-10H2,1-2H3. The van der Waals surface area contributed by atoms with E-state index in [1.54, 1.807) is 7.11 Å². The molecule has 0 aliphatic heterocycles. The molecule has 0 saturated heterocycles. The molecule has 0 aliphatic rings. The molecule has 13 heavy (non-hydrogen) atoms. The number of unbranched alkanes of at least 4 members (excludes halogenated alkanes) is 1. The van der Waals surface area contributed by atoms with Gasteiger partial charge < -0.3 is 14.2 Å². The van der Waals surface area contributed by atoms with Crippen LogP contribution in [0.25, 0.3) is 0 Å². The molecule has 0 aromatic heterocycles. The van der Waals surface area contributed by atoms with Crippen molar-refractivity contribution in [2.24, 2.45) is 0 Å². The van der Waals surface area contributed by atoms with Gasteiger partial charge in [-0.2, -0.15) is 0 Å². The molecule has 0 bridgehead atoms. The molecular formula is C10H22O3. The van der Waals surface area contributed by atoms with Crippen LogP contribution in [-0.2, 0) is 14.2 Å². The first kappa shape index (κ1) is 12.9. The Labute approximate surface area is 81.4 Å². The molecule has 0 unspecified atom stereocenters. The van der Waals surface area contributed by atoms with Gasteiger partial charge in [0.15, 0.2) is 0 Å². The molecule has 0 fully saturated rings. The second-order valence-electron chi connectivity index (χ2n) is 2.92. The first-order valence-electron chi connectivity index (χ1n) is 5.06. The molecule has 3 nitrogen and oxygen atoms in total. The number of methoxy groups -OCH3 is 1. The van der Waals surface area contributed by atoms with Crippen LogP contribution in [0.5, 0.6) is 0 Å². The Kier molecular flexibility index (Phi) is 11.8. The zero-order valence-electron chi connectivity index (χ0n) is 8.88. The van der Waals surface area contributed by atoms with E-state index in [1.807, 2.05) is 0 Å². The largest absolute Gasteiger partial charge is 0.385 e. The minimum Gasteiger partial charge on any atom is -0.385 e. The summed E-state index contributed by atoms with van der Waals surface area (Å²) in [5, 5.41) is 0. The lowest BCUT2D eigenvalue weighted by molar-refractivity contribution is 0.0390. The molecular weight excluding hydrogens is 168 g/mol. The molecule has 0 heterocycles. The van der Waals surface area contributed by atoms with Crippen molar-refractivity contribution in [2.75, 3.05) is 40.1 Å². The Bertz CT molecular complexity index is 76.2. The van der Waals surface area contributed by atoms with Gasteiger partial charge in [0.05, 0.1) is 13.2 Å². The van der Waals surface area contributed by atoms with Gasteiger partial charge in [0.25, 0.3) is 0 Å². The molecule has 0 atom stereocenters. The van der Waals surface area contributed by atoms with Crippen LogP contribution < -0.4 is 0 Å². The Morgan fingerprint density at radius 3 is 1.92 bits per heavy atom. The van der Waals surface area contributed by atoms with Crippen molar-refractivity contribution in [1.29, 1.82) is 0 Å². The van der Waals surface area contributed by atoms with Gasteiger partial charge in [-0.1, -0.05) is 13.3 Å². The Hall–Kier alpha value is -0.120. The summed E-state index contributed by atoms with van der Waals surface area (Å²) in [5.41, 5.74) is 0. The van der Waals surface area contributed by atoms with E-state index in [0.29, 0.717) is 13.2 Å². The quantitative estimate of drug-likeness (QED) is 0.492. The molecule has 0 amide bonds. The fraction of sp³-hybridized carbons (Fsp3) is 1.00. The summed E-state index contributed by atoms with van der Waals surface area (Å²) >= 11 is 0. The smallest absolute Gasteiger partial charge is 0.0700 e. The maximum absolute atomic E-state index is 5.32. The van der Waals surface area contributed by atoms with E-state index in [0.717, 1.165) is 32.7 Å². The summed E-state index contributed by atoms with van der Waals surface area (Å²) in [6.07, 6.45) is 3.30. The van der Waals surface area contributed by atoms with Gasteiger partial charge in [-0.3, -0.25) is 0 Å². The third kappa shape index (κ3) is 11.9. The lowest BCUT2D eigenvalue weighted by Crippen LogP contribution is -2.07. The van der Waals surface area contributed by atoms with Crippen LogP contribution in [0, 0.1) is 0 Å². The maximum atomic E-state index is 5.32. The van der Waals surface area contributed by atoms with Crippen LogP contribution in [0.1, 0.15) is 26.2 Å². The average molecular weight is 190 g/mol. The Morgan fingerprint density at radius 1 is 0.769 bits per heavy atom. The van der Waals surface area contributed by atoms with Crippen LogP contribution in [0.3, 0.4) is 0 Å². The van der Waals surface area contributed by atoms with E-state index in [-0.39, 0.29) is 0 Å². The summed E-state index contributed by atoms with van der Waals surface area (Å²) in [5.74, 6) is 0. The monoisotopic (exact) mass is 190 g/mol. The zero-order valence-corrected chi connectivity index (χ0v) is 8.88. The van der Waals surface area contributed by atoms with Crippen molar-refractivity contribution in [1.82, 2.24) is 0 Å². The molecule has 0 radical (unpaired) electrons. The van der Waals surface area contributed by atoms with Gasteiger partial charge in [-0.25, -0.2) is 0 Å². The van der Waals surface area contributed by atoms with Gasteiger partial charge in [-0.05, 0) is 12.8 Å². The first-order valence-corrected chi connectivity index (χ1v) is 5.06. The normalized spacial score (nSPS) is 10.6. The third-order valence-corrected chi connectivity index (χ3v) is 1.65. The zero-order chi connectivity index (χ0) is 9.78. The highest BCUT2D eigenvalue weighted by molar-refractivity contribution is 4.35. The SMILES string of the molecule is CCCCOCCOCCCOC.